The van der Waals surface area contributed by atoms with Gasteiger partial charge in [-0.2, -0.15) is 9.78 Å². The quantitative estimate of drug-likeness (QED) is 0.159. The van der Waals surface area contributed by atoms with E-state index in [0.717, 1.165) is 21.2 Å². The molecule has 7 heteroatoms. The average molecular weight is 575 g/mol. The number of rotatable bonds is 9. The van der Waals surface area contributed by atoms with Crippen LogP contribution in [0.3, 0.4) is 0 Å². The fourth-order valence-corrected chi connectivity index (χ4v) is 4.45. The third kappa shape index (κ3) is 6.22. The fourth-order valence-electron chi connectivity index (χ4n) is 4.09. The van der Waals surface area contributed by atoms with Crippen molar-refractivity contribution in [3.05, 3.63) is 111 Å². The highest BCUT2D eigenvalue weighted by Crippen LogP contribution is 2.34. The maximum atomic E-state index is 13.5. The first kappa shape index (κ1) is 27.3. The first-order chi connectivity index (χ1) is 18.2. The maximum absolute atomic E-state index is 13.5. The lowest BCUT2D eigenvalue weighted by atomic mass is 9.95. The van der Waals surface area contributed by atoms with Crippen LogP contribution in [0.2, 0.25) is 0 Å². The van der Waals surface area contributed by atoms with Gasteiger partial charge in [-0.15, -0.1) is 6.58 Å². The fraction of sp³-hybridized carbons (Fsp3) is 0.258. The second-order valence-electron chi connectivity index (χ2n) is 9.92. The average Bonchev–Trinajstić information content (AvgIpc) is 2.88. The second-order valence-corrected chi connectivity index (χ2v) is 10.8. The number of benzene rings is 3. The zero-order valence-electron chi connectivity index (χ0n) is 22.2. The number of halogens is 1. The van der Waals surface area contributed by atoms with Gasteiger partial charge in [0.2, 0.25) is 0 Å². The summed E-state index contributed by atoms with van der Waals surface area (Å²) in [5.41, 5.74) is 2.77. The monoisotopic (exact) mass is 573 g/mol. The van der Waals surface area contributed by atoms with Gasteiger partial charge in [0.1, 0.15) is 12.4 Å². The molecule has 0 aliphatic heterocycles. The molecule has 4 rings (SSSR count). The molecule has 0 aliphatic carbocycles. The van der Waals surface area contributed by atoms with Crippen LogP contribution in [-0.4, -0.2) is 22.5 Å². The predicted octanol–water partition coefficient (Wildman–Crippen LogP) is 7.04. The molecule has 0 spiro atoms. The molecule has 3 aromatic carbocycles. The Morgan fingerprint density at radius 3 is 2.53 bits per heavy atom. The summed E-state index contributed by atoms with van der Waals surface area (Å²) in [5.74, 6) is 1.87. The van der Waals surface area contributed by atoms with Crippen LogP contribution in [0.15, 0.2) is 87.7 Å². The van der Waals surface area contributed by atoms with Crippen molar-refractivity contribution >= 4 is 33.0 Å². The lowest BCUT2D eigenvalue weighted by molar-refractivity contribution is 0.267. The van der Waals surface area contributed by atoms with Gasteiger partial charge in [-0.25, -0.2) is 4.98 Å². The zero-order valence-corrected chi connectivity index (χ0v) is 23.8. The molecular formula is C31H32BrN3O3. The molecule has 0 aliphatic rings. The normalized spacial score (nSPS) is 11.7. The third-order valence-electron chi connectivity index (χ3n) is 5.85. The van der Waals surface area contributed by atoms with Gasteiger partial charge >= 0.3 is 0 Å². The van der Waals surface area contributed by atoms with Crippen LogP contribution in [0.5, 0.6) is 11.5 Å². The van der Waals surface area contributed by atoms with E-state index < -0.39 is 5.41 Å². The molecule has 196 valence electrons. The van der Waals surface area contributed by atoms with E-state index >= 15 is 0 Å². The van der Waals surface area contributed by atoms with Crippen LogP contribution in [0.4, 0.5) is 0 Å². The van der Waals surface area contributed by atoms with Crippen molar-refractivity contribution in [1.29, 1.82) is 0 Å². The van der Waals surface area contributed by atoms with Crippen LogP contribution in [0.1, 0.15) is 50.2 Å². The van der Waals surface area contributed by atoms with Crippen LogP contribution >= 0.6 is 15.9 Å². The Morgan fingerprint density at radius 1 is 1.08 bits per heavy atom. The van der Waals surface area contributed by atoms with Crippen LogP contribution in [0.25, 0.3) is 10.9 Å². The van der Waals surface area contributed by atoms with Crippen molar-refractivity contribution < 1.29 is 9.47 Å². The summed E-state index contributed by atoms with van der Waals surface area (Å²) in [6.45, 7) is 12.8. The number of nitrogens with zero attached hydrogens (tertiary/aromatic N) is 3. The number of aromatic nitrogens is 2. The molecule has 38 heavy (non-hydrogen) atoms. The SMILES string of the molecule is C=CCc1cc(C=Nn2c(C(C)(C)C)nc3ccc(Br)cc3c2=O)cc(OCC)c1OCc1ccccc1. The summed E-state index contributed by atoms with van der Waals surface area (Å²) >= 11 is 3.46. The molecule has 0 radical (unpaired) electrons. The molecule has 0 amide bonds. The molecule has 0 fully saturated rings. The summed E-state index contributed by atoms with van der Waals surface area (Å²) in [7, 11) is 0. The molecule has 0 atom stereocenters. The second kappa shape index (κ2) is 11.8. The largest absolute Gasteiger partial charge is 0.490 e. The maximum Gasteiger partial charge on any atom is 0.282 e. The van der Waals surface area contributed by atoms with Gasteiger partial charge in [0, 0.05) is 15.5 Å². The van der Waals surface area contributed by atoms with Crippen molar-refractivity contribution in [2.24, 2.45) is 5.10 Å². The van der Waals surface area contributed by atoms with Crippen molar-refractivity contribution in [3.8, 4) is 11.5 Å². The standard InChI is InChI=1S/C31H32BrN3O3/c1-6-11-23-16-22(17-27(37-7-2)28(23)38-20-21-12-9-8-10-13-21)19-33-35-29(36)25-18-24(32)14-15-26(25)34-30(35)31(3,4)5/h6,8-10,12-19H,1,7,11,20H2,2-5H3. The molecule has 1 aromatic heterocycles. The number of ether oxygens (including phenoxy) is 2. The highest BCUT2D eigenvalue weighted by molar-refractivity contribution is 9.10. The van der Waals surface area contributed by atoms with Gasteiger partial charge in [-0.05, 0) is 54.8 Å². The van der Waals surface area contributed by atoms with Gasteiger partial charge in [0.15, 0.2) is 11.5 Å². The van der Waals surface area contributed by atoms with E-state index in [4.69, 9.17) is 14.5 Å². The number of allylic oxidation sites excluding steroid dienone is 1. The van der Waals surface area contributed by atoms with Crippen molar-refractivity contribution in [1.82, 2.24) is 9.66 Å². The van der Waals surface area contributed by atoms with E-state index in [-0.39, 0.29) is 5.56 Å². The lowest BCUT2D eigenvalue weighted by Crippen LogP contribution is -2.29. The summed E-state index contributed by atoms with van der Waals surface area (Å²) in [6, 6.07) is 19.4. The van der Waals surface area contributed by atoms with E-state index in [9.17, 15) is 4.79 Å². The van der Waals surface area contributed by atoms with E-state index in [1.807, 2.05) is 88.4 Å². The predicted molar refractivity (Wildman–Crippen MR) is 158 cm³/mol. The molecule has 0 bridgehead atoms. The van der Waals surface area contributed by atoms with Gasteiger partial charge in [-0.3, -0.25) is 4.79 Å². The van der Waals surface area contributed by atoms with E-state index in [2.05, 4.69) is 27.6 Å². The van der Waals surface area contributed by atoms with E-state index in [1.54, 1.807) is 12.3 Å². The summed E-state index contributed by atoms with van der Waals surface area (Å²) in [4.78, 5) is 18.3. The summed E-state index contributed by atoms with van der Waals surface area (Å²) in [5, 5.41) is 5.12. The Labute approximate surface area is 231 Å². The molecule has 0 saturated heterocycles. The van der Waals surface area contributed by atoms with E-state index in [1.165, 1.54) is 4.68 Å². The van der Waals surface area contributed by atoms with Crippen LogP contribution in [-0.2, 0) is 18.4 Å². The molecule has 4 aromatic rings. The topological polar surface area (TPSA) is 65.7 Å². The Kier molecular flexibility index (Phi) is 8.47. The smallest absolute Gasteiger partial charge is 0.282 e. The summed E-state index contributed by atoms with van der Waals surface area (Å²) in [6.07, 6.45) is 4.08. The molecular weight excluding hydrogens is 542 g/mol. The van der Waals surface area contributed by atoms with Gasteiger partial charge in [0.05, 0.1) is 23.7 Å². The van der Waals surface area contributed by atoms with Crippen molar-refractivity contribution in [3.63, 3.8) is 0 Å². The van der Waals surface area contributed by atoms with Crippen molar-refractivity contribution in [2.75, 3.05) is 6.61 Å². The minimum Gasteiger partial charge on any atom is -0.490 e. The molecule has 1 heterocycles. The Balaban J connectivity index is 1.79. The van der Waals surface area contributed by atoms with Crippen LogP contribution in [0, 0.1) is 0 Å². The molecule has 0 unspecified atom stereocenters. The summed E-state index contributed by atoms with van der Waals surface area (Å²) < 4.78 is 14.4. The third-order valence-corrected chi connectivity index (χ3v) is 6.34. The minimum absolute atomic E-state index is 0.225. The lowest BCUT2D eigenvalue weighted by Gasteiger charge is -2.21. The van der Waals surface area contributed by atoms with Crippen LogP contribution < -0.4 is 15.0 Å². The molecule has 0 saturated carbocycles. The molecule has 0 N–H and O–H groups in total. The van der Waals surface area contributed by atoms with E-state index in [0.29, 0.717) is 47.9 Å². The van der Waals surface area contributed by atoms with Gasteiger partial charge in [0.25, 0.3) is 5.56 Å². The van der Waals surface area contributed by atoms with Crippen molar-refractivity contribution in [2.45, 2.75) is 46.1 Å². The first-order valence-corrected chi connectivity index (χ1v) is 13.3. The number of hydrogen-bond acceptors (Lipinski definition) is 5. The zero-order chi connectivity index (χ0) is 27.3. The molecule has 6 nitrogen and oxygen atoms in total. The van der Waals surface area contributed by atoms with Gasteiger partial charge in [-0.1, -0.05) is 73.1 Å². The Hall–Kier alpha value is -3.71. The highest BCUT2D eigenvalue weighted by atomic mass is 79.9. The Bertz CT molecular complexity index is 1540. The number of fused-ring (bicyclic) bond motifs is 1. The Morgan fingerprint density at radius 2 is 1.84 bits per heavy atom. The first-order valence-electron chi connectivity index (χ1n) is 12.6. The number of hydrogen-bond donors (Lipinski definition) is 0. The van der Waals surface area contributed by atoms with Gasteiger partial charge < -0.3 is 9.47 Å². The highest BCUT2D eigenvalue weighted by Gasteiger charge is 2.23. The minimum atomic E-state index is -0.405.